The minimum absolute atomic E-state index is 0.0388. The molecule has 1 rings (SSSR count). The lowest BCUT2D eigenvalue weighted by molar-refractivity contribution is 0.317. The summed E-state index contributed by atoms with van der Waals surface area (Å²) in [7, 11) is -3.15. The normalized spacial score (nSPS) is 25.5. The predicted molar refractivity (Wildman–Crippen MR) is 62.2 cm³/mol. The van der Waals surface area contributed by atoms with Crippen molar-refractivity contribution in [3.8, 4) is 0 Å². The predicted octanol–water partition coefficient (Wildman–Crippen LogP) is 0.702. The van der Waals surface area contributed by atoms with E-state index in [1.807, 2.05) is 27.7 Å². The molecule has 0 aromatic heterocycles. The highest BCUT2D eigenvalue weighted by Crippen LogP contribution is 2.20. The van der Waals surface area contributed by atoms with Crippen molar-refractivity contribution in [3.63, 3.8) is 0 Å². The van der Waals surface area contributed by atoms with Crippen molar-refractivity contribution in [2.24, 2.45) is 5.41 Å². The fourth-order valence-corrected chi connectivity index (χ4v) is 3.22. The molecule has 0 bridgehead atoms. The van der Waals surface area contributed by atoms with Gasteiger partial charge in [-0.05, 0) is 25.3 Å². The highest BCUT2D eigenvalue weighted by Gasteiger charge is 2.32. The van der Waals surface area contributed by atoms with Gasteiger partial charge in [-0.3, -0.25) is 0 Å². The molecule has 4 nitrogen and oxygen atoms in total. The Morgan fingerprint density at radius 2 is 2.00 bits per heavy atom. The van der Waals surface area contributed by atoms with Crippen LogP contribution in [0.4, 0.5) is 0 Å². The van der Waals surface area contributed by atoms with Gasteiger partial charge in [-0.25, -0.2) is 13.1 Å². The van der Waals surface area contributed by atoms with Crippen LogP contribution < -0.4 is 10.0 Å². The van der Waals surface area contributed by atoms with Crippen molar-refractivity contribution in [1.82, 2.24) is 10.0 Å². The SMILES string of the molecule is CC(NS(=O)(=O)C1CCNC1)C(C)(C)C. The summed E-state index contributed by atoms with van der Waals surface area (Å²) in [6.07, 6.45) is 0.714. The second kappa shape index (κ2) is 4.39. The summed E-state index contributed by atoms with van der Waals surface area (Å²) in [6.45, 7) is 9.40. The third-order valence-electron chi connectivity index (χ3n) is 3.09. The van der Waals surface area contributed by atoms with E-state index in [0.717, 1.165) is 6.54 Å². The molecule has 0 aromatic rings. The van der Waals surface area contributed by atoms with Gasteiger partial charge >= 0.3 is 0 Å². The van der Waals surface area contributed by atoms with Gasteiger partial charge in [0.1, 0.15) is 0 Å². The highest BCUT2D eigenvalue weighted by molar-refractivity contribution is 7.90. The van der Waals surface area contributed by atoms with Crippen LogP contribution in [0.1, 0.15) is 34.1 Å². The smallest absolute Gasteiger partial charge is 0.216 e. The first-order valence-corrected chi connectivity index (χ1v) is 7.00. The van der Waals surface area contributed by atoms with Crippen LogP contribution in [0, 0.1) is 5.41 Å². The molecule has 2 unspecified atom stereocenters. The first-order valence-electron chi connectivity index (χ1n) is 5.45. The zero-order valence-electron chi connectivity index (χ0n) is 10.0. The maximum absolute atomic E-state index is 11.9. The van der Waals surface area contributed by atoms with Crippen LogP contribution in [-0.2, 0) is 10.0 Å². The molecule has 15 heavy (non-hydrogen) atoms. The van der Waals surface area contributed by atoms with Crippen molar-refractivity contribution in [2.75, 3.05) is 13.1 Å². The average molecular weight is 234 g/mol. The molecule has 0 aromatic carbocycles. The van der Waals surface area contributed by atoms with Gasteiger partial charge < -0.3 is 5.32 Å². The van der Waals surface area contributed by atoms with Gasteiger partial charge in [0.25, 0.3) is 0 Å². The van der Waals surface area contributed by atoms with E-state index in [2.05, 4.69) is 10.0 Å². The molecule has 2 atom stereocenters. The Balaban J connectivity index is 2.64. The van der Waals surface area contributed by atoms with Gasteiger partial charge in [0.05, 0.1) is 5.25 Å². The lowest BCUT2D eigenvalue weighted by atomic mass is 9.89. The maximum atomic E-state index is 11.9. The molecule has 90 valence electrons. The molecule has 1 heterocycles. The third-order valence-corrected chi connectivity index (χ3v) is 5.06. The topological polar surface area (TPSA) is 58.2 Å². The first-order chi connectivity index (χ1) is 6.73. The molecule has 2 N–H and O–H groups in total. The largest absolute Gasteiger partial charge is 0.315 e. The van der Waals surface area contributed by atoms with Crippen molar-refractivity contribution in [1.29, 1.82) is 0 Å². The number of sulfonamides is 1. The number of hydrogen-bond acceptors (Lipinski definition) is 3. The number of hydrogen-bond donors (Lipinski definition) is 2. The Kier molecular flexibility index (Phi) is 3.79. The molecule has 0 spiro atoms. The van der Waals surface area contributed by atoms with E-state index in [1.165, 1.54) is 0 Å². The minimum atomic E-state index is -3.15. The Morgan fingerprint density at radius 3 is 2.40 bits per heavy atom. The Bertz CT molecular complexity index is 300. The standard InChI is InChI=1S/C10H22N2O2S/c1-8(10(2,3)4)12-15(13,14)9-5-6-11-7-9/h8-9,11-12H,5-7H2,1-4H3. The van der Waals surface area contributed by atoms with Crippen LogP contribution in [-0.4, -0.2) is 32.8 Å². The van der Waals surface area contributed by atoms with E-state index in [9.17, 15) is 8.42 Å². The maximum Gasteiger partial charge on any atom is 0.216 e. The Hall–Kier alpha value is -0.130. The highest BCUT2D eigenvalue weighted by atomic mass is 32.2. The van der Waals surface area contributed by atoms with E-state index >= 15 is 0 Å². The molecule has 0 amide bonds. The molecule has 1 aliphatic rings. The second-order valence-electron chi connectivity index (χ2n) is 5.37. The van der Waals surface area contributed by atoms with Crippen LogP contribution in [0.2, 0.25) is 0 Å². The fraction of sp³-hybridized carbons (Fsp3) is 1.00. The Morgan fingerprint density at radius 1 is 1.40 bits per heavy atom. The third kappa shape index (κ3) is 3.43. The monoisotopic (exact) mass is 234 g/mol. The molecule has 0 saturated carbocycles. The summed E-state index contributed by atoms with van der Waals surface area (Å²) >= 11 is 0. The summed E-state index contributed by atoms with van der Waals surface area (Å²) in [5, 5.41) is 2.81. The molecule has 1 fully saturated rings. The molecule has 0 radical (unpaired) electrons. The van der Waals surface area contributed by atoms with Gasteiger partial charge in [-0.2, -0.15) is 0 Å². The molecule has 0 aliphatic carbocycles. The second-order valence-corrected chi connectivity index (χ2v) is 7.36. The van der Waals surface area contributed by atoms with E-state index in [1.54, 1.807) is 0 Å². The first kappa shape index (κ1) is 12.9. The van der Waals surface area contributed by atoms with Gasteiger partial charge in [-0.1, -0.05) is 20.8 Å². The fourth-order valence-electron chi connectivity index (χ4n) is 1.41. The van der Waals surface area contributed by atoms with Crippen molar-refractivity contribution in [3.05, 3.63) is 0 Å². The minimum Gasteiger partial charge on any atom is -0.315 e. The Labute approximate surface area is 92.9 Å². The zero-order valence-corrected chi connectivity index (χ0v) is 10.8. The number of rotatable bonds is 3. The van der Waals surface area contributed by atoms with Crippen LogP contribution in [0.3, 0.4) is 0 Å². The molecule has 1 aliphatic heterocycles. The van der Waals surface area contributed by atoms with E-state index in [4.69, 9.17) is 0 Å². The summed E-state index contributed by atoms with van der Waals surface area (Å²) in [4.78, 5) is 0. The van der Waals surface area contributed by atoms with E-state index in [-0.39, 0.29) is 16.7 Å². The van der Waals surface area contributed by atoms with Gasteiger partial charge in [-0.15, -0.1) is 0 Å². The van der Waals surface area contributed by atoms with Gasteiger partial charge in [0.15, 0.2) is 0 Å². The lowest BCUT2D eigenvalue weighted by Gasteiger charge is -2.28. The van der Waals surface area contributed by atoms with E-state index in [0.29, 0.717) is 13.0 Å². The van der Waals surface area contributed by atoms with Crippen LogP contribution in [0.15, 0.2) is 0 Å². The van der Waals surface area contributed by atoms with E-state index < -0.39 is 10.0 Å². The molecular formula is C10H22N2O2S. The molecule has 1 saturated heterocycles. The van der Waals surface area contributed by atoms with Gasteiger partial charge in [0.2, 0.25) is 10.0 Å². The average Bonchev–Trinajstić information content (AvgIpc) is 2.52. The molecule has 5 heteroatoms. The summed E-state index contributed by atoms with van der Waals surface area (Å²) in [5.41, 5.74) is -0.0426. The summed E-state index contributed by atoms with van der Waals surface area (Å²) in [6, 6.07) is -0.0388. The van der Waals surface area contributed by atoms with Crippen LogP contribution >= 0.6 is 0 Å². The van der Waals surface area contributed by atoms with Gasteiger partial charge in [0, 0.05) is 12.6 Å². The number of nitrogens with one attached hydrogen (secondary N) is 2. The molecular weight excluding hydrogens is 212 g/mol. The van der Waals surface area contributed by atoms with Crippen LogP contribution in [0.5, 0.6) is 0 Å². The zero-order chi connectivity index (χ0) is 11.7. The van der Waals surface area contributed by atoms with Crippen molar-refractivity contribution < 1.29 is 8.42 Å². The van der Waals surface area contributed by atoms with Crippen molar-refractivity contribution in [2.45, 2.75) is 45.4 Å². The summed E-state index contributed by atoms with van der Waals surface area (Å²) < 4.78 is 26.6. The quantitative estimate of drug-likeness (QED) is 0.756. The lowest BCUT2D eigenvalue weighted by Crippen LogP contribution is -2.45. The van der Waals surface area contributed by atoms with Crippen molar-refractivity contribution >= 4 is 10.0 Å². The summed E-state index contributed by atoms with van der Waals surface area (Å²) in [5.74, 6) is 0. The van der Waals surface area contributed by atoms with Crippen LogP contribution in [0.25, 0.3) is 0 Å².